The van der Waals surface area contributed by atoms with E-state index in [1.807, 2.05) is 44.7 Å². The highest BCUT2D eigenvalue weighted by Crippen LogP contribution is 2.32. The van der Waals surface area contributed by atoms with Crippen LogP contribution in [0.5, 0.6) is 0 Å². The zero-order valence-electron chi connectivity index (χ0n) is 20.2. The lowest BCUT2D eigenvalue weighted by atomic mass is 9.92. The van der Waals surface area contributed by atoms with Gasteiger partial charge in [-0.2, -0.15) is 0 Å². The number of hydrogen-bond acceptors (Lipinski definition) is 5. The molecule has 174 valence electrons. The normalized spacial score (nSPS) is 14.6. The van der Waals surface area contributed by atoms with E-state index in [0.717, 1.165) is 58.1 Å². The highest BCUT2D eigenvalue weighted by Gasteiger charge is 2.29. The molecule has 0 aliphatic carbocycles. The number of rotatable bonds is 5. The van der Waals surface area contributed by atoms with Crippen LogP contribution < -0.4 is 10.2 Å². The average molecular weight is 464 g/mol. The zero-order valence-corrected chi connectivity index (χ0v) is 21.1. The molecule has 2 aromatic heterocycles. The molecule has 6 nitrogen and oxygen atoms in total. The van der Waals surface area contributed by atoms with Crippen LogP contribution in [0.2, 0.25) is 0 Å². The number of hydrogen-bond donors (Lipinski definition) is 1. The van der Waals surface area contributed by atoms with Gasteiger partial charge in [-0.15, -0.1) is 11.3 Å². The summed E-state index contributed by atoms with van der Waals surface area (Å²) in [6, 6.07) is 10.4. The van der Waals surface area contributed by atoms with Crippen molar-refractivity contribution in [2.75, 3.05) is 31.1 Å². The maximum Gasteiger partial charge on any atom is 0.318 e. The Morgan fingerprint density at radius 2 is 1.91 bits per heavy atom. The molecule has 0 spiro atoms. The molecule has 0 unspecified atom stereocenters. The number of piperazine rings is 1. The molecule has 1 aliphatic heterocycles. The maximum atomic E-state index is 13.1. The summed E-state index contributed by atoms with van der Waals surface area (Å²) < 4.78 is 0. The van der Waals surface area contributed by atoms with Crippen LogP contribution in [0.4, 0.5) is 10.6 Å². The molecular weight excluding hydrogens is 430 g/mol. The number of anilines is 1. The van der Waals surface area contributed by atoms with Gasteiger partial charge in [0.25, 0.3) is 0 Å². The number of aryl methyl sites for hydroxylation is 2. The minimum absolute atomic E-state index is 0.0341. The van der Waals surface area contributed by atoms with Gasteiger partial charge in [-0.25, -0.2) is 14.8 Å². The Labute approximate surface area is 200 Å². The van der Waals surface area contributed by atoms with Gasteiger partial charge in [0.05, 0.1) is 10.9 Å². The van der Waals surface area contributed by atoms with Gasteiger partial charge in [0, 0.05) is 31.1 Å². The number of nitrogens with one attached hydrogen (secondary N) is 1. The number of carbonyl (C=O) groups is 1. The Bertz CT molecular complexity index is 1190. The van der Waals surface area contributed by atoms with Gasteiger partial charge in [0.2, 0.25) is 0 Å². The Hall–Kier alpha value is -2.93. The fourth-order valence-corrected chi connectivity index (χ4v) is 5.20. The summed E-state index contributed by atoms with van der Waals surface area (Å²) in [6.45, 7) is 17.0. The summed E-state index contributed by atoms with van der Waals surface area (Å²) in [5.41, 5.74) is 2.69. The largest absolute Gasteiger partial charge is 0.352 e. The molecule has 0 saturated carbocycles. The smallest absolute Gasteiger partial charge is 0.318 e. The minimum atomic E-state index is -0.483. The summed E-state index contributed by atoms with van der Waals surface area (Å²) in [4.78, 5) is 29.1. The van der Waals surface area contributed by atoms with Crippen LogP contribution in [0, 0.1) is 6.92 Å². The third kappa shape index (κ3) is 4.88. The van der Waals surface area contributed by atoms with Gasteiger partial charge in [-0.3, -0.25) is 0 Å². The lowest BCUT2D eigenvalue weighted by Gasteiger charge is -2.38. The summed E-state index contributed by atoms with van der Waals surface area (Å²) in [6.07, 6.45) is 0.999. The molecule has 1 saturated heterocycles. The van der Waals surface area contributed by atoms with E-state index < -0.39 is 5.54 Å². The molecule has 1 fully saturated rings. The predicted octanol–water partition coefficient (Wildman–Crippen LogP) is 5.36. The second-order valence-electron chi connectivity index (χ2n) is 9.27. The predicted molar refractivity (Wildman–Crippen MR) is 138 cm³/mol. The van der Waals surface area contributed by atoms with Crippen LogP contribution >= 0.6 is 11.3 Å². The Morgan fingerprint density at radius 3 is 2.58 bits per heavy atom. The first-order chi connectivity index (χ1) is 15.7. The molecule has 33 heavy (non-hydrogen) atoms. The van der Waals surface area contributed by atoms with Crippen molar-refractivity contribution in [3.05, 3.63) is 58.7 Å². The van der Waals surface area contributed by atoms with Crippen LogP contribution in [0.15, 0.2) is 36.9 Å². The van der Waals surface area contributed by atoms with Crippen molar-refractivity contribution in [1.82, 2.24) is 20.2 Å². The first-order valence-electron chi connectivity index (χ1n) is 11.5. The van der Waals surface area contributed by atoms with E-state index in [0.29, 0.717) is 13.1 Å². The SMILES string of the molecule is C=C(C)c1cccc(C(C)(C)NC(=O)N2CCN(c3nc(C)nc4sc(CC)cc34)CC2)c1. The zero-order chi connectivity index (χ0) is 23.8. The molecule has 0 atom stereocenters. The molecule has 1 aromatic carbocycles. The van der Waals surface area contributed by atoms with Crippen molar-refractivity contribution in [1.29, 1.82) is 0 Å². The van der Waals surface area contributed by atoms with Gasteiger partial charge >= 0.3 is 6.03 Å². The molecule has 4 rings (SSSR count). The van der Waals surface area contributed by atoms with Crippen LogP contribution in [0.1, 0.15) is 49.5 Å². The number of aromatic nitrogens is 2. The Balaban J connectivity index is 1.44. The van der Waals surface area contributed by atoms with Crippen molar-refractivity contribution >= 4 is 39.0 Å². The third-order valence-electron chi connectivity index (χ3n) is 6.25. The molecule has 3 aromatic rings. The number of carbonyl (C=O) groups excluding carboxylic acids is 1. The number of amides is 2. The molecule has 2 amide bonds. The first kappa shape index (κ1) is 23.2. The van der Waals surface area contributed by atoms with Crippen LogP contribution in [-0.4, -0.2) is 47.1 Å². The molecule has 0 radical (unpaired) electrons. The number of allylic oxidation sites excluding steroid dienone is 1. The molecule has 0 bridgehead atoms. The van der Waals surface area contributed by atoms with Gasteiger partial charge in [0.1, 0.15) is 16.5 Å². The van der Waals surface area contributed by atoms with Crippen LogP contribution in [-0.2, 0) is 12.0 Å². The van der Waals surface area contributed by atoms with Gasteiger partial charge in [-0.1, -0.05) is 37.3 Å². The van der Waals surface area contributed by atoms with E-state index >= 15 is 0 Å². The van der Waals surface area contributed by atoms with Crippen molar-refractivity contribution in [3.63, 3.8) is 0 Å². The van der Waals surface area contributed by atoms with Crippen molar-refractivity contribution in [2.24, 2.45) is 0 Å². The highest BCUT2D eigenvalue weighted by molar-refractivity contribution is 7.18. The van der Waals surface area contributed by atoms with Gasteiger partial charge in [-0.05, 0) is 57.4 Å². The Kier molecular flexibility index (Phi) is 6.43. The van der Waals surface area contributed by atoms with E-state index in [1.165, 1.54) is 4.88 Å². The van der Waals surface area contributed by atoms with Gasteiger partial charge < -0.3 is 15.1 Å². The van der Waals surface area contributed by atoms with Crippen molar-refractivity contribution in [3.8, 4) is 0 Å². The first-order valence-corrected chi connectivity index (χ1v) is 12.3. The third-order valence-corrected chi connectivity index (χ3v) is 7.42. The van der Waals surface area contributed by atoms with E-state index in [9.17, 15) is 4.79 Å². The van der Waals surface area contributed by atoms with E-state index in [-0.39, 0.29) is 6.03 Å². The summed E-state index contributed by atoms with van der Waals surface area (Å²) >= 11 is 1.74. The number of urea groups is 1. The van der Waals surface area contributed by atoms with E-state index in [2.05, 4.69) is 46.9 Å². The number of fused-ring (bicyclic) bond motifs is 1. The number of nitrogens with zero attached hydrogens (tertiary/aromatic N) is 4. The van der Waals surface area contributed by atoms with Crippen molar-refractivity contribution < 1.29 is 4.79 Å². The molecule has 1 N–H and O–H groups in total. The standard InChI is InChI=1S/C26H33N5OS/c1-7-21-16-22-23(27-18(4)28-24(22)33-21)30-11-13-31(14-12-30)25(32)29-26(5,6)20-10-8-9-19(15-20)17(2)3/h8-10,15-16H,2,7,11-14H2,1,3-6H3,(H,29,32). The molecule has 3 heterocycles. The lowest BCUT2D eigenvalue weighted by Crippen LogP contribution is -2.55. The van der Waals surface area contributed by atoms with E-state index in [4.69, 9.17) is 4.98 Å². The van der Waals surface area contributed by atoms with Crippen molar-refractivity contribution in [2.45, 2.75) is 46.6 Å². The second kappa shape index (κ2) is 9.14. The molecular formula is C26H33N5OS. The van der Waals surface area contributed by atoms with Gasteiger partial charge in [0.15, 0.2) is 0 Å². The quantitative estimate of drug-likeness (QED) is 0.553. The topological polar surface area (TPSA) is 61.4 Å². The summed E-state index contributed by atoms with van der Waals surface area (Å²) in [5.74, 6) is 1.78. The monoisotopic (exact) mass is 463 g/mol. The number of thiophene rings is 1. The number of benzene rings is 1. The van der Waals surface area contributed by atoms with Crippen LogP contribution in [0.3, 0.4) is 0 Å². The molecule has 1 aliphatic rings. The second-order valence-corrected chi connectivity index (χ2v) is 10.4. The molecule has 7 heteroatoms. The van der Waals surface area contributed by atoms with E-state index in [1.54, 1.807) is 11.3 Å². The average Bonchev–Trinajstić information content (AvgIpc) is 3.21. The summed E-state index contributed by atoms with van der Waals surface area (Å²) in [7, 11) is 0. The fourth-order valence-electron chi connectivity index (χ4n) is 4.19. The highest BCUT2D eigenvalue weighted by atomic mass is 32.1. The summed E-state index contributed by atoms with van der Waals surface area (Å²) in [5, 5.41) is 4.35. The van der Waals surface area contributed by atoms with Crippen LogP contribution in [0.25, 0.3) is 15.8 Å². The maximum absolute atomic E-state index is 13.1. The Morgan fingerprint density at radius 1 is 1.18 bits per heavy atom. The minimum Gasteiger partial charge on any atom is -0.352 e. The lowest BCUT2D eigenvalue weighted by molar-refractivity contribution is 0.183. The fraction of sp³-hybridized carbons (Fsp3) is 0.423.